The fourth-order valence-electron chi connectivity index (χ4n) is 3.53. The molecule has 1 N–H and O–H groups in total. The molecule has 0 aliphatic carbocycles. The lowest BCUT2D eigenvalue weighted by molar-refractivity contribution is -0.114. The van der Waals surface area contributed by atoms with Crippen molar-refractivity contribution >= 4 is 38.9 Å². The van der Waals surface area contributed by atoms with Crippen LogP contribution in [0.4, 0.5) is 11.4 Å². The average molecular weight is 503 g/mol. The summed E-state index contributed by atoms with van der Waals surface area (Å²) in [6.45, 7) is 5.17. The molecule has 0 spiro atoms. The first-order valence-corrected chi connectivity index (χ1v) is 12.3. The van der Waals surface area contributed by atoms with E-state index in [2.05, 4.69) is 5.32 Å². The molecule has 180 valence electrons. The van der Waals surface area contributed by atoms with Crippen LogP contribution in [-0.4, -0.2) is 35.1 Å². The van der Waals surface area contributed by atoms with Crippen LogP contribution >= 0.6 is 11.6 Å². The topological polar surface area (TPSA) is 84.9 Å². The van der Waals surface area contributed by atoms with E-state index >= 15 is 0 Å². The van der Waals surface area contributed by atoms with E-state index in [-0.39, 0.29) is 4.90 Å². The summed E-state index contributed by atoms with van der Waals surface area (Å²) >= 11 is 6.14. The Morgan fingerprint density at radius 3 is 2.03 bits per heavy atom. The Labute approximate surface area is 205 Å². The second kappa shape index (κ2) is 10.4. The fourth-order valence-corrected chi connectivity index (χ4v) is 5.16. The maximum Gasteiger partial charge on any atom is 0.264 e. The normalized spacial score (nSPS) is 11.1. The number of anilines is 2. The van der Waals surface area contributed by atoms with Crippen molar-refractivity contribution in [2.45, 2.75) is 25.7 Å². The van der Waals surface area contributed by atoms with Gasteiger partial charge in [-0.05, 0) is 56.2 Å². The van der Waals surface area contributed by atoms with Gasteiger partial charge in [-0.2, -0.15) is 0 Å². The molecule has 1 amide bonds. The van der Waals surface area contributed by atoms with E-state index in [1.807, 2.05) is 26.8 Å². The van der Waals surface area contributed by atoms with Crippen molar-refractivity contribution in [3.8, 4) is 11.5 Å². The van der Waals surface area contributed by atoms with E-state index in [1.54, 1.807) is 24.3 Å². The number of ether oxygens (including phenoxy) is 2. The van der Waals surface area contributed by atoms with Gasteiger partial charge in [-0.1, -0.05) is 35.4 Å². The van der Waals surface area contributed by atoms with Crippen LogP contribution in [-0.2, 0) is 14.8 Å². The molecule has 0 saturated carbocycles. The summed E-state index contributed by atoms with van der Waals surface area (Å²) in [4.78, 5) is 13.2. The van der Waals surface area contributed by atoms with E-state index in [9.17, 15) is 13.2 Å². The number of hydrogen-bond donors (Lipinski definition) is 1. The van der Waals surface area contributed by atoms with Gasteiger partial charge in [0, 0.05) is 12.1 Å². The van der Waals surface area contributed by atoms with Crippen LogP contribution in [0.1, 0.15) is 16.7 Å². The highest BCUT2D eigenvalue weighted by molar-refractivity contribution is 7.92. The lowest BCUT2D eigenvalue weighted by atomic mass is 10.1. The Kier molecular flexibility index (Phi) is 7.74. The van der Waals surface area contributed by atoms with Crippen LogP contribution in [0.3, 0.4) is 0 Å². The third-order valence-electron chi connectivity index (χ3n) is 5.14. The molecule has 7 nitrogen and oxygen atoms in total. The van der Waals surface area contributed by atoms with Gasteiger partial charge in [0.2, 0.25) is 5.91 Å². The number of carbonyl (C=O) groups excluding carboxylic acids is 1. The predicted octanol–water partition coefficient (Wildman–Crippen LogP) is 5.12. The highest BCUT2D eigenvalue weighted by Crippen LogP contribution is 2.36. The molecule has 0 radical (unpaired) electrons. The van der Waals surface area contributed by atoms with Crippen LogP contribution in [0.25, 0.3) is 0 Å². The van der Waals surface area contributed by atoms with Gasteiger partial charge in [0.1, 0.15) is 18.0 Å². The van der Waals surface area contributed by atoms with E-state index in [0.29, 0.717) is 27.9 Å². The third kappa shape index (κ3) is 5.63. The zero-order valence-electron chi connectivity index (χ0n) is 19.7. The number of benzene rings is 3. The number of carbonyl (C=O) groups is 1. The van der Waals surface area contributed by atoms with Crippen LogP contribution in [0.15, 0.2) is 59.5 Å². The van der Waals surface area contributed by atoms with Gasteiger partial charge in [0.05, 0.1) is 35.5 Å². The van der Waals surface area contributed by atoms with E-state index < -0.39 is 22.5 Å². The van der Waals surface area contributed by atoms with Gasteiger partial charge in [-0.15, -0.1) is 0 Å². The van der Waals surface area contributed by atoms with E-state index in [0.717, 1.165) is 21.0 Å². The second-order valence-corrected chi connectivity index (χ2v) is 10.2. The summed E-state index contributed by atoms with van der Waals surface area (Å²) < 4.78 is 38.8. The number of nitrogens with zero attached hydrogens (tertiary/aromatic N) is 1. The standard InChI is InChI=1S/C25H27ClN2O5S/c1-16-6-8-20(9-7-16)34(30,31)28(19-11-17(2)10-18(3)12-19)15-25(29)27-22-14-23(32-4)21(26)13-24(22)33-5/h6-14H,15H2,1-5H3,(H,27,29). The lowest BCUT2D eigenvalue weighted by Gasteiger charge is -2.25. The Hall–Kier alpha value is -3.23. The zero-order valence-corrected chi connectivity index (χ0v) is 21.3. The minimum atomic E-state index is -4.03. The van der Waals surface area contributed by atoms with Crippen LogP contribution in [0, 0.1) is 20.8 Å². The summed E-state index contributed by atoms with van der Waals surface area (Å²) in [5, 5.41) is 3.03. The molecule has 3 aromatic rings. The van der Waals surface area contributed by atoms with Crippen molar-refractivity contribution in [2.75, 3.05) is 30.4 Å². The van der Waals surface area contributed by atoms with Crippen LogP contribution in [0.5, 0.6) is 11.5 Å². The average Bonchev–Trinajstić information content (AvgIpc) is 2.77. The second-order valence-electron chi connectivity index (χ2n) is 7.91. The number of amides is 1. The van der Waals surface area contributed by atoms with Crippen LogP contribution < -0.4 is 19.1 Å². The molecule has 34 heavy (non-hydrogen) atoms. The van der Waals surface area contributed by atoms with Crippen molar-refractivity contribution in [1.82, 2.24) is 0 Å². The highest BCUT2D eigenvalue weighted by atomic mass is 35.5. The van der Waals surface area contributed by atoms with Crippen molar-refractivity contribution in [3.05, 3.63) is 76.3 Å². The summed E-state index contributed by atoms with van der Waals surface area (Å²) in [6, 6.07) is 14.9. The minimum absolute atomic E-state index is 0.0933. The van der Waals surface area contributed by atoms with Gasteiger partial charge in [0.25, 0.3) is 10.0 Å². The molecule has 0 heterocycles. The summed E-state index contributed by atoms with van der Waals surface area (Å²) in [5.74, 6) is 0.104. The quantitative estimate of drug-likeness (QED) is 0.462. The van der Waals surface area contributed by atoms with E-state index in [4.69, 9.17) is 21.1 Å². The van der Waals surface area contributed by atoms with E-state index in [1.165, 1.54) is 38.5 Å². The largest absolute Gasteiger partial charge is 0.495 e. The number of methoxy groups -OCH3 is 2. The maximum atomic E-state index is 13.6. The zero-order chi connectivity index (χ0) is 25.0. The summed E-state index contributed by atoms with van der Waals surface area (Å²) in [7, 11) is -1.14. The molecule has 0 bridgehead atoms. The van der Waals surface area contributed by atoms with Gasteiger partial charge >= 0.3 is 0 Å². The molecule has 9 heteroatoms. The molecule has 3 aromatic carbocycles. The number of halogens is 1. The van der Waals surface area contributed by atoms with Gasteiger partial charge in [-0.3, -0.25) is 9.10 Å². The molecular formula is C25H27ClN2O5S. The predicted molar refractivity (Wildman–Crippen MR) is 135 cm³/mol. The van der Waals surface area contributed by atoms with Crippen molar-refractivity contribution < 1.29 is 22.7 Å². The van der Waals surface area contributed by atoms with Gasteiger partial charge in [-0.25, -0.2) is 8.42 Å². The molecule has 0 aromatic heterocycles. The molecule has 0 atom stereocenters. The van der Waals surface area contributed by atoms with Crippen LogP contribution in [0.2, 0.25) is 5.02 Å². The molecule has 0 saturated heterocycles. The molecule has 0 unspecified atom stereocenters. The fraction of sp³-hybridized carbons (Fsp3) is 0.240. The molecule has 0 aliphatic rings. The Bertz CT molecular complexity index is 1290. The van der Waals surface area contributed by atoms with Gasteiger partial charge in [0.15, 0.2) is 0 Å². The Morgan fingerprint density at radius 2 is 1.47 bits per heavy atom. The molecule has 3 rings (SSSR count). The first-order valence-electron chi connectivity index (χ1n) is 10.4. The summed E-state index contributed by atoms with van der Waals surface area (Å²) in [6.07, 6.45) is 0. The number of sulfonamides is 1. The van der Waals surface area contributed by atoms with Crippen molar-refractivity contribution in [2.24, 2.45) is 0 Å². The number of hydrogen-bond acceptors (Lipinski definition) is 5. The first-order chi connectivity index (χ1) is 16.0. The van der Waals surface area contributed by atoms with Crippen molar-refractivity contribution in [1.29, 1.82) is 0 Å². The smallest absolute Gasteiger partial charge is 0.264 e. The molecule has 0 aliphatic heterocycles. The first kappa shape index (κ1) is 25.4. The van der Waals surface area contributed by atoms with Gasteiger partial charge < -0.3 is 14.8 Å². The Balaban J connectivity index is 2.01. The maximum absolute atomic E-state index is 13.6. The minimum Gasteiger partial charge on any atom is -0.495 e. The van der Waals surface area contributed by atoms with Crippen molar-refractivity contribution in [3.63, 3.8) is 0 Å². The number of nitrogens with one attached hydrogen (secondary N) is 1. The summed E-state index contributed by atoms with van der Waals surface area (Å²) in [5.41, 5.74) is 3.39. The molecule has 0 fully saturated rings. The Morgan fingerprint density at radius 1 is 0.882 bits per heavy atom. The third-order valence-corrected chi connectivity index (χ3v) is 7.22. The highest BCUT2D eigenvalue weighted by Gasteiger charge is 2.28. The SMILES string of the molecule is COc1cc(NC(=O)CN(c2cc(C)cc(C)c2)S(=O)(=O)c2ccc(C)cc2)c(OC)cc1Cl. The number of rotatable bonds is 8. The lowest BCUT2D eigenvalue weighted by Crippen LogP contribution is -2.38. The number of aryl methyl sites for hydroxylation is 3. The molecular weight excluding hydrogens is 476 g/mol. The monoisotopic (exact) mass is 502 g/mol.